The molecule has 2 N–H and O–H groups in total. The van der Waals surface area contributed by atoms with Gasteiger partial charge < -0.3 is 15.4 Å². The summed E-state index contributed by atoms with van der Waals surface area (Å²) in [4.78, 5) is 0. The van der Waals surface area contributed by atoms with Crippen LogP contribution in [0.25, 0.3) is 0 Å². The number of anilines is 1. The Morgan fingerprint density at radius 2 is 2.21 bits per heavy atom. The first-order valence-electron chi connectivity index (χ1n) is 6.55. The molecule has 19 heavy (non-hydrogen) atoms. The monoisotopic (exact) mass is 279 g/mol. The van der Waals surface area contributed by atoms with Gasteiger partial charge in [0.1, 0.15) is 0 Å². The van der Waals surface area contributed by atoms with Crippen molar-refractivity contribution in [2.45, 2.75) is 18.9 Å². The lowest BCUT2D eigenvalue weighted by Gasteiger charge is -2.23. The van der Waals surface area contributed by atoms with Gasteiger partial charge in [0.15, 0.2) is 0 Å². The summed E-state index contributed by atoms with van der Waals surface area (Å²) in [5, 5.41) is 15.9. The van der Waals surface area contributed by atoms with E-state index in [0.29, 0.717) is 23.3 Å². The summed E-state index contributed by atoms with van der Waals surface area (Å²) in [5.74, 6) is 0. The standard InChI is InChI=1S/C14H18ClN3O/c15-13-9-11(10-16)1-2-14(13)18-7-8-19-12-3-5-17-6-4-12/h1-2,9,12,17-18H,3-8H2. The Bertz CT molecular complexity index is 452. The van der Waals surface area contributed by atoms with E-state index in [9.17, 15) is 0 Å². The molecule has 102 valence electrons. The van der Waals surface area contributed by atoms with Gasteiger partial charge in [-0.1, -0.05) is 11.6 Å². The quantitative estimate of drug-likeness (QED) is 0.813. The number of benzene rings is 1. The van der Waals surface area contributed by atoms with Crippen LogP contribution in [0.2, 0.25) is 5.02 Å². The molecule has 0 aromatic heterocycles. The van der Waals surface area contributed by atoms with Crippen LogP contribution >= 0.6 is 11.6 Å². The van der Waals surface area contributed by atoms with Gasteiger partial charge in [0.25, 0.3) is 0 Å². The molecular weight excluding hydrogens is 262 g/mol. The van der Waals surface area contributed by atoms with E-state index in [0.717, 1.165) is 38.2 Å². The third-order valence-corrected chi connectivity index (χ3v) is 3.47. The minimum Gasteiger partial charge on any atom is -0.382 e. The summed E-state index contributed by atoms with van der Waals surface area (Å²) >= 11 is 6.07. The van der Waals surface area contributed by atoms with Crippen LogP contribution in [0.1, 0.15) is 18.4 Å². The second kappa shape index (κ2) is 7.34. The lowest BCUT2D eigenvalue weighted by Crippen LogP contribution is -2.33. The van der Waals surface area contributed by atoms with Crippen molar-refractivity contribution in [1.82, 2.24) is 5.32 Å². The van der Waals surface area contributed by atoms with Crippen molar-refractivity contribution in [2.75, 3.05) is 31.6 Å². The Labute approximate surface area is 118 Å². The first kappa shape index (κ1) is 14.1. The van der Waals surface area contributed by atoms with Gasteiger partial charge in [-0.15, -0.1) is 0 Å². The van der Waals surface area contributed by atoms with E-state index < -0.39 is 0 Å². The van der Waals surface area contributed by atoms with E-state index in [4.69, 9.17) is 21.6 Å². The van der Waals surface area contributed by atoms with Crippen LogP contribution in [0.15, 0.2) is 18.2 Å². The van der Waals surface area contributed by atoms with Crippen LogP contribution in [-0.2, 0) is 4.74 Å². The molecule has 2 rings (SSSR count). The van der Waals surface area contributed by atoms with Crippen LogP contribution < -0.4 is 10.6 Å². The van der Waals surface area contributed by atoms with Crippen LogP contribution in [0.5, 0.6) is 0 Å². The van der Waals surface area contributed by atoms with Crippen molar-refractivity contribution in [3.05, 3.63) is 28.8 Å². The summed E-state index contributed by atoms with van der Waals surface area (Å²) < 4.78 is 5.79. The Kier molecular flexibility index (Phi) is 5.46. The minimum atomic E-state index is 0.375. The molecule has 1 aliphatic heterocycles. The lowest BCUT2D eigenvalue weighted by atomic mass is 10.1. The Hall–Kier alpha value is -1.28. The van der Waals surface area contributed by atoms with Gasteiger partial charge in [0.05, 0.1) is 35.1 Å². The number of nitriles is 1. The van der Waals surface area contributed by atoms with Gasteiger partial charge in [-0.3, -0.25) is 0 Å². The van der Waals surface area contributed by atoms with Crippen molar-refractivity contribution in [3.8, 4) is 6.07 Å². The molecule has 1 aliphatic rings. The molecule has 0 bridgehead atoms. The van der Waals surface area contributed by atoms with Gasteiger partial charge >= 0.3 is 0 Å². The number of nitrogens with zero attached hydrogens (tertiary/aromatic N) is 1. The summed E-state index contributed by atoms with van der Waals surface area (Å²) in [7, 11) is 0. The maximum atomic E-state index is 8.76. The highest BCUT2D eigenvalue weighted by Crippen LogP contribution is 2.22. The average Bonchev–Trinajstić information content (AvgIpc) is 2.46. The molecule has 0 atom stereocenters. The summed E-state index contributed by atoms with van der Waals surface area (Å²) in [6, 6.07) is 7.30. The Balaban J connectivity index is 1.72. The van der Waals surface area contributed by atoms with Crippen molar-refractivity contribution < 1.29 is 4.74 Å². The smallest absolute Gasteiger partial charge is 0.0992 e. The van der Waals surface area contributed by atoms with Crippen LogP contribution in [0.4, 0.5) is 5.69 Å². The van der Waals surface area contributed by atoms with Gasteiger partial charge in [-0.25, -0.2) is 0 Å². The van der Waals surface area contributed by atoms with Crippen LogP contribution in [-0.4, -0.2) is 32.3 Å². The molecule has 0 unspecified atom stereocenters. The topological polar surface area (TPSA) is 57.1 Å². The molecule has 1 aromatic carbocycles. The van der Waals surface area contributed by atoms with Crippen molar-refractivity contribution in [2.24, 2.45) is 0 Å². The first-order chi connectivity index (χ1) is 9.29. The predicted octanol–water partition coefficient (Wildman–Crippen LogP) is 2.39. The largest absolute Gasteiger partial charge is 0.382 e. The molecule has 1 saturated heterocycles. The van der Waals surface area contributed by atoms with Crippen molar-refractivity contribution >= 4 is 17.3 Å². The van der Waals surface area contributed by atoms with Gasteiger partial charge in [-0.2, -0.15) is 5.26 Å². The normalized spacial score (nSPS) is 16.0. The van der Waals surface area contributed by atoms with Gasteiger partial charge in [0.2, 0.25) is 0 Å². The van der Waals surface area contributed by atoms with Crippen molar-refractivity contribution in [3.63, 3.8) is 0 Å². The second-order valence-electron chi connectivity index (χ2n) is 4.55. The van der Waals surface area contributed by atoms with E-state index >= 15 is 0 Å². The zero-order chi connectivity index (χ0) is 13.5. The van der Waals surface area contributed by atoms with Crippen LogP contribution in [0.3, 0.4) is 0 Å². The van der Waals surface area contributed by atoms with E-state index in [1.807, 2.05) is 6.07 Å². The zero-order valence-corrected chi connectivity index (χ0v) is 11.5. The molecule has 0 spiro atoms. The molecule has 1 fully saturated rings. The number of ether oxygens (including phenoxy) is 1. The second-order valence-corrected chi connectivity index (χ2v) is 4.96. The highest BCUT2D eigenvalue weighted by Gasteiger charge is 2.12. The van der Waals surface area contributed by atoms with E-state index in [1.165, 1.54) is 0 Å². The molecule has 0 radical (unpaired) electrons. The predicted molar refractivity (Wildman–Crippen MR) is 76.5 cm³/mol. The third kappa shape index (κ3) is 4.39. The number of piperidine rings is 1. The highest BCUT2D eigenvalue weighted by molar-refractivity contribution is 6.33. The van der Waals surface area contributed by atoms with Crippen LogP contribution in [0, 0.1) is 11.3 Å². The Morgan fingerprint density at radius 1 is 1.42 bits per heavy atom. The number of hydrogen-bond acceptors (Lipinski definition) is 4. The molecule has 0 amide bonds. The van der Waals surface area contributed by atoms with E-state index in [2.05, 4.69) is 16.7 Å². The molecule has 5 heteroatoms. The van der Waals surface area contributed by atoms with Gasteiger partial charge in [0, 0.05) is 6.54 Å². The molecular formula is C14H18ClN3O. The highest BCUT2D eigenvalue weighted by atomic mass is 35.5. The molecule has 4 nitrogen and oxygen atoms in total. The molecule has 1 heterocycles. The fourth-order valence-electron chi connectivity index (χ4n) is 2.10. The summed E-state index contributed by atoms with van der Waals surface area (Å²) in [6.07, 6.45) is 2.54. The van der Waals surface area contributed by atoms with E-state index in [1.54, 1.807) is 12.1 Å². The van der Waals surface area contributed by atoms with Gasteiger partial charge in [-0.05, 0) is 44.1 Å². The molecule has 0 saturated carbocycles. The zero-order valence-electron chi connectivity index (χ0n) is 10.8. The number of hydrogen-bond donors (Lipinski definition) is 2. The number of rotatable bonds is 5. The molecule has 1 aromatic rings. The van der Waals surface area contributed by atoms with E-state index in [-0.39, 0.29) is 0 Å². The summed E-state index contributed by atoms with van der Waals surface area (Å²) in [5.41, 5.74) is 1.41. The fraction of sp³-hybridized carbons (Fsp3) is 0.500. The Morgan fingerprint density at radius 3 is 2.89 bits per heavy atom. The fourth-order valence-corrected chi connectivity index (χ4v) is 2.35. The minimum absolute atomic E-state index is 0.375. The maximum Gasteiger partial charge on any atom is 0.0992 e. The number of halogens is 1. The lowest BCUT2D eigenvalue weighted by molar-refractivity contribution is 0.0394. The summed E-state index contributed by atoms with van der Waals surface area (Å²) in [6.45, 7) is 3.47. The average molecular weight is 280 g/mol. The first-order valence-corrected chi connectivity index (χ1v) is 6.93. The number of nitrogens with one attached hydrogen (secondary N) is 2. The third-order valence-electron chi connectivity index (χ3n) is 3.16. The molecule has 0 aliphatic carbocycles. The van der Waals surface area contributed by atoms with Crippen molar-refractivity contribution in [1.29, 1.82) is 5.26 Å². The SMILES string of the molecule is N#Cc1ccc(NCCOC2CCNCC2)c(Cl)c1. The maximum absolute atomic E-state index is 8.76.